The first-order valence-electron chi connectivity index (χ1n) is 5.64. The van der Waals surface area contributed by atoms with Crippen LogP contribution in [0.4, 0.5) is 0 Å². The van der Waals surface area contributed by atoms with Gasteiger partial charge in [0.05, 0.1) is 4.08 Å². The minimum atomic E-state index is -0.735. The molecule has 3 rings (SSSR count). The van der Waals surface area contributed by atoms with Crippen LogP contribution in [0.5, 0.6) is 0 Å². The molecule has 0 N–H and O–H groups in total. The molecule has 1 aromatic carbocycles. The zero-order valence-electron chi connectivity index (χ0n) is 10.3. The van der Waals surface area contributed by atoms with Crippen LogP contribution >= 0.6 is 45.1 Å². The van der Waals surface area contributed by atoms with Gasteiger partial charge in [0.2, 0.25) is 0 Å². The van der Waals surface area contributed by atoms with Gasteiger partial charge in [0, 0.05) is 0 Å². The Bertz CT molecular complexity index is 477. The van der Waals surface area contributed by atoms with Crippen molar-refractivity contribution >= 4 is 54.0 Å². The smallest absolute Gasteiger partial charge is 0.182 e. The maximum Gasteiger partial charge on any atom is 0.182 e. The van der Waals surface area contributed by atoms with E-state index < -0.39 is 8.86 Å². The van der Waals surface area contributed by atoms with E-state index in [0.717, 1.165) is 0 Å². The second kappa shape index (κ2) is 4.38. The molecule has 0 bridgehead atoms. The third-order valence-electron chi connectivity index (χ3n) is 3.02. The van der Waals surface area contributed by atoms with E-state index in [1.54, 1.807) is 21.6 Å². The lowest BCUT2D eigenvalue weighted by Gasteiger charge is -2.61. The molecule has 0 aromatic heterocycles. The molecule has 0 atom stereocenters. The highest BCUT2D eigenvalue weighted by atomic mass is 33.5. The van der Waals surface area contributed by atoms with Crippen LogP contribution in [0.25, 0.3) is 0 Å². The molecule has 0 saturated carbocycles. The zero-order chi connectivity index (χ0) is 13.0. The summed E-state index contributed by atoms with van der Waals surface area (Å²) in [5.41, 5.74) is 1.55. The van der Waals surface area contributed by atoms with Crippen molar-refractivity contribution in [3.63, 3.8) is 0 Å². The van der Waals surface area contributed by atoms with Crippen LogP contribution in [0, 0.1) is 5.41 Å². The van der Waals surface area contributed by atoms with Crippen LogP contribution in [0.2, 0.25) is 0 Å². The molecule has 2 saturated heterocycles. The fourth-order valence-electron chi connectivity index (χ4n) is 2.12. The molecule has 0 radical (unpaired) electrons. The fraction of sp³-hybridized carbons (Fsp3) is 0.500. The molecule has 1 aromatic rings. The van der Waals surface area contributed by atoms with Crippen molar-refractivity contribution in [2.45, 2.75) is 27.6 Å². The fourth-order valence-corrected chi connectivity index (χ4v) is 16.6. The molecule has 0 unspecified atom stereocenters. The molecule has 2 aliphatic heterocycles. The highest BCUT2D eigenvalue weighted by Gasteiger charge is 2.68. The van der Waals surface area contributed by atoms with E-state index in [1.165, 1.54) is 5.56 Å². The number of thioether (sulfide) groups is 2. The SMILES string of the molecule is CC(C)(C)C1(c2ccccc2)SC2(SS(=O)S2)S1. The van der Waals surface area contributed by atoms with E-state index in [1.807, 2.05) is 23.5 Å². The van der Waals surface area contributed by atoms with E-state index in [4.69, 9.17) is 0 Å². The first kappa shape index (κ1) is 13.7. The molecule has 0 amide bonds. The standard InChI is InChI=1S/C12H14OS5/c1-10(2,3)11(9-7-5-4-6-8-9)14-12(15-11)16-18(13)17-12/h4-8H,1-3H3. The lowest BCUT2D eigenvalue weighted by molar-refractivity contribution is 0.369. The van der Waals surface area contributed by atoms with Gasteiger partial charge in [0.15, 0.2) is 2.74 Å². The Morgan fingerprint density at radius 1 is 1.06 bits per heavy atom. The van der Waals surface area contributed by atoms with E-state index in [-0.39, 0.29) is 12.2 Å². The number of benzene rings is 1. The second-order valence-electron chi connectivity index (χ2n) is 5.31. The number of hydrogen-bond donors (Lipinski definition) is 0. The van der Waals surface area contributed by atoms with E-state index in [0.29, 0.717) is 0 Å². The summed E-state index contributed by atoms with van der Waals surface area (Å²) in [5.74, 6) is 0. The highest BCUT2D eigenvalue weighted by Crippen LogP contribution is 2.87. The molecule has 1 spiro atoms. The van der Waals surface area contributed by atoms with Gasteiger partial charge in [-0.1, -0.05) is 74.6 Å². The van der Waals surface area contributed by atoms with Gasteiger partial charge in [0.1, 0.15) is 8.86 Å². The Kier molecular flexibility index (Phi) is 3.34. The van der Waals surface area contributed by atoms with Gasteiger partial charge >= 0.3 is 0 Å². The zero-order valence-corrected chi connectivity index (χ0v) is 14.4. The summed E-state index contributed by atoms with van der Waals surface area (Å²) in [5, 5.41) is 0. The van der Waals surface area contributed by atoms with Gasteiger partial charge in [-0.05, 0) is 32.6 Å². The summed E-state index contributed by atoms with van der Waals surface area (Å²) >= 11 is 3.94. The van der Waals surface area contributed by atoms with Crippen LogP contribution in [0.1, 0.15) is 26.3 Å². The summed E-state index contributed by atoms with van der Waals surface area (Å²) < 4.78 is 11.5. The lowest BCUT2D eigenvalue weighted by Crippen LogP contribution is -2.49. The van der Waals surface area contributed by atoms with Gasteiger partial charge in [-0.2, -0.15) is 0 Å². The van der Waals surface area contributed by atoms with Gasteiger partial charge in [-0.3, -0.25) is 0 Å². The van der Waals surface area contributed by atoms with E-state index in [9.17, 15) is 4.21 Å². The van der Waals surface area contributed by atoms with Crippen molar-refractivity contribution < 1.29 is 4.21 Å². The van der Waals surface area contributed by atoms with Crippen molar-refractivity contribution in [2.75, 3.05) is 0 Å². The summed E-state index contributed by atoms with van der Waals surface area (Å²) in [6, 6.07) is 10.7. The van der Waals surface area contributed by atoms with Crippen LogP contribution < -0.4 is 0 Å². The maximum absolute atomic E-state index is 11.3. The van der Waals surface area contributed by atoms with Crippen LogP contribution in [0.3, 0.4) is 0 Å². The second-order valence-corrected chi connectivity index (χ2v) is 15.4. The molecular formula is C12H14OS5. The van der Waals surface area contributed by atoms with E-state index >= 15 is 0 Å². The lowest BCUT2D eigenvalue weighted by atomic mass is 9.86. The molecule has 98 valence electrons. The van der Waals surface area contributed by atoms with Crippen molar-refractivity contribution in [3.05, 3.63) is 35.9 Å². The molecule has 18 heavy (non-hydrogen) atoms. The Hall–Kier alpha value is 0.770. The van der Waals surface area contributed by atoms with Crippen LogP contribution in [-0.4, -0.2) is 6.95 Å². The number of hydrogen-bond acceptors (Lipinski definition) is 5. The van der Waals surface area contributed by atoms with Crippen molar-refractivity contribution in [1.29, 1.82) is 0 Å². The predicted molar refractivity (Wildman–Crippen MR) is 88.8 cm³/mol. The van der Waals surface area contributed by atoms with Crippen molar-refractivity contribution in [3.8, 4) is 0 Å². The van der Waals surface area contributed by atoms with Crippen LogP contribution in [-0.2, 0) is 12.9 Å². The van der Waals surface area contributed by atoms with Gasteiger partial charge in [-0.25, -0.2) is 4.21 Å². The molecule has 2 fully saturated rings. The molecular weight excluding hydrogens is 320 g/mol. The average Bonchev–Trinajstić information content (AvgIpc) is 2.20. The normalized spacial score (nSPS) is 39.2. The van der Waals surface area contributed by atoms with Gasteiger partial charge in [-0.15, -0.1) is 0 Å². The minimum Gasteiger partial charge on any atom is -0.236 e. The van der Waals surface area contributed by atoms with Crippen molar-refractivity contribution in [1.82, 2.24) is 0 Å². The molecule has 0 aliphatic carbocycles. The van der Waals surface area contributed by atoms with Crippen LogP contribution in [0.15, 0.2) is 30.3 Å². The highest BCUT2D eigenvalue weighted by molar-refractivity contribution is 9.16. The quantitative estimate of drug-likeness (QED) is 0.668. The molecule has 1 nitrogen and oxygen atoms in total. The first-order valence-corrected chi connectivity index (χ1v) is 11.1. The Labute approximate surface area is 126 Å². The Morgan fingerprint density at radius 3 is 2.06 bits per heavy atom. The summed E-state index contributed by atoms with van der Waals surface area (Å²) in [4.78, 5) is 0. The Balaban J connectivity index is 1.92. The predicted octanol–water partition coefficient (Wildman–Crippen LogP) is 5.04. The molecule has 2 heterocycles. The van der Waals surface area contributed by atoms with Crippen molar-refractivity contribution in [2.24, 2.45) is 5.41 Å². The largest absolute Gasteiger partial charge is 0.236 e. The topological polar surface area (TPSA) is 17.1 Å². The summed E-state index contributed by atoms with van der Waals surface area (Å²) in [7, 11) is 2.45. The Morgan fingerprint density at radius 2 is 1.61 bits per heavy atom. The molecule has 2 aliphatic rings. The summed E-state index contributed by atoms with van der Waals surface area (Å²) in [6.45, 7) is 6.87. The number of rotatable bonds is 1. The maximum atomic E-state index is 11.3. The third-order valence-corrected chi connectivity index (χ3v) is 15.4. The van der Waals surface area contributed by atoms with Gasteiger partial charge in [0.25, 0.3) is 0 Å². The average molecular weight is 335 g/mol. The van der Waals surface area contributed by atoms with E-state index in [2.05, 4.69) is 51.1 Å². The molecule has 6 heteroatoms. The first-order chi connectivity index (χ1) is 8.37. The van der Waals surface area contributed by atoms with Gasteiger partial charge < -0.3 is 0 Å². The third kappa shape index (κ3) is 1.99. The minimum absolute atomic E-state index is 0.0774. The monoisotopic (exact) mass is 334 g/mol. The summed E-state index contributed by atoms with van der Waals surface area (Å²) in [6.07, 6.45) is 0.